The average Bonchev–Trinajstić information content (AvgIpc) is 2.26. The van der Waals surface area contributed by atoms with Gasteiger partial charge in [0.2, 0.25) is 5.91 Å². The molecule has 0 saturated heterocycles. The third-order valence-electron chi connectivity index (χ3n) is 1.97. The van der Waals surface area contributed by atoms with E-state index in [0.29, 0.717) is 5.56 Å². The number of nitrogens with one attached hydrogen (secondary N) is 2. The van der Waals surface area contributed by atoms with Gasteiger partial charge < -0.3 is 10.6 Å². The number of halogens is 1. The number of carbonyl (C=O) groups is 2. The van der Waals surface area contributed by atoms with Crippen LogP contribution < -0.4 is 10.6 Å². The maximum atomic E-state index is 12.6. The molecule has 2 amide bonds. The molecule has 2 N–H and O–H groups in total. The first-order valence-electron chi connectivity index (χ1n) is 5.32. The summed E-state index contributed by atoms with van der Waals surface area (Å²) in [6.07, 6.45) is 0. The molecule has 5 heteroatoms. The summed E-state index contributed by atoms with van der Waals surface area (Å²) in [6.45, 7) is 3.58. The predicted molar refractivity (Wildman–Crippen MR) is 62.0 cm³/mol. The van der Waals surface area contributed by atoms with E-state index in [2.05, 4.69) is 10.6 Å². The Morgan fingerprint density at radius 3 is 2.35 bits per heavy atom. The van der Waals surface area contributed by atoms with Gasteiger partial charge in [0, 0.05) is 11.6 Å². The third kappa shape index (κ3) is 4.63. The smallest absolute Gasteiger partial charge is 0.251 e. The van der Waals surface area contributed by atoms with Gasteiger partial charge in [0.1, 0.15) is 5.82 Å². The molecule has 1 aromatic rings. The van der Waals surface area contributed by atoms with Crippen LogP contribution in [0.25, 0.3) is 0 Å². The van der Waals surface area contributed by atoms with E-state index in [4.69, 9.17) is 0 Å². The molecule has 0 unspecified atom stereocenters. The molecule has 0 heterocycles. The summed E-state index contributed by atoms with van der Waals surface area (Å²) in [6, 6.07) is 5.16. The summed E-state index contributed by atoms with van der Waals surface area (Å²) in [5, 5.41) is 5.10. The lowest BCUT2D eigenvalue weighted by Gasteiger charge is -2.09. The standard InChI is InChI=1S/C12H15FN2O2/c1-8(2)15-11(16)7-14-12(17)9-3-5-10(13)6-4-9/h3-6,8H,7H2,1-2H3,(H,14,17)(H,15,16). The molecule has 1 rings (SSSR count). The number of amides is 2. The SMILES string of the molecule is CC(C)NC(=O)CNC(=O)c1ccc(F)cc1. The van der Waals surface area contributed by atoms with Crippen LogP contribution in [0.15, 0.2) is 24.3 Å². The summed E-state index contributed by atoms with van der Waals surface area (Å²) in [7, 11) is 0. The topological polar surface area (TPSA) is 58.2 Å². The van der Waals surface area contributed by atoms with Crippen LogP contribution >= 0.6 is 0 Å². The van der Waals surface area contributed by atoms with Crippen LogP contribution in [-0.2, 0) is 4.79 Å². The van der Waals surface area contributed by atoms with Gasteiger partial charge >= 0.3 is 0 Å². The van der Waals surface area contributed by atoms with Crippen LogP contribution in [0.5, 0.6) is 0 Å². The Kier molecular flexibility index (Phi) is 4.63. The van der Waals surface area contributed by atoms with Crippen molar-refractivity contribution in [2.45, 2.75) is 19.9 Å². The molecule has 0 saturated carbocycles. The lowest BCUT2D eigenvalue weighted by atomic mass is 10.2. The first-order valence-corrected chi connectivity index (χ1v) is 5.32. The summed E-state index contributed by atoms with van der Waals surface area (Å²) in [4.78, 5) is 22.8. The summed E-state index contributed by atoms with van der Waals surface area (Å²) in [5.41, 5.74) is 0.323. The Hall–Kier alpha value is -1.91. The van der Waals surface area contributed by atoms with Gasteiger partial charge in [-0.3, -0.25) is 9.59 Å². The van der Waals surface area contributed by atoms with Crippen molar-refractivity contribution in [3.8, 4) is 0 Å². The first-order chi connectivity index (χ1) is 7.99. The minimum absolute atomic E-state index is 0.0326. The van der Waals surface area contributed by atoms with Crippen LogP contribution in [0.2, 0.25) is 0 Å². The van der Waals surface area contributed by atoms with Crippen molar-refractivity contribution >= 4 is 11.8 Å². The monoisotopic (exact) mass is 238 g/mol. The van der Waals surface area contributed by atoms with E-state index in [1.54, 1.807) is 0 Å². The summed E-state index contributed by atoms with van der Waals surface area (Å²) >= 11 is 0. The molecule has 0 aromatic heterocycles. The number of hydrogen-bond acceptors (Lipinski definition) is 2. The Bertz CT molecular complexity index is 401. The summed E-state index contributed by atoms with van der Waals surface area (Å²) < 4.78 is 12.6. The van der Waals surface area contributed by atoms with Crippen molar-refractivity contribution in [3.05, 3.63) is 35.6 Å². The maximum Gasteiger partial charge on any atom is 0.251 e. The molecule has 0 fully saturated rings. The number of carbonyl (C=O) groups excluding carboxylic acids is 2. The first kappa shape index (κ1) is 13.2. The Morgan fingerprint density at radius 1 is 1.24 bits per heavy atom. The summed E-state index contributed by atoms with van der Waals surface area (Å²) in [5.74, 6) is -1.06. The average molecular weight is 238 g/mol. The largest absolute Gasteiger partial charge is 0.352 e. The maximum absolute atomic E-state index is 12.6. The zero-order valence-corrected chi connectivity index (χ0v) is 9.79. The van der Waals surface area contributed by atoms with Crippen LogP contribution in [-0.4, -0.2) is 24.4 Å². The van der Waals surface area contributed by atoms with Crippen molar-refractivity contribution in [2.24, 2.45) is 0 Å². The fourth-order valence-corrected chi connectivity index (χ4v) is 1.24. The van der Waals surface area contributed by atoms with E-state index in [0.717, 1.165) is 0 Å². The Labute approximate surface area is 99.2 Å². The van der Waals surface area contributed by atoms with Gasteiger partial charge in [0.05, 0.1) is 6.54 Å². The highest BCUT2D eigenvalue weighted by Gasteiger charge is 2.08. The van der Waals surface area contributed by atoms with Gasteiger partial charge in [0.15, 0.2) is 0 Å². The zero-order valence-electron chi connectivity index (χ0n) is 9.79. The molecule has 0 bridgehead atoms. The van der Waals surface area contributed by atoms with Gasteiger partial charge in [-0.1, -0.05) is 0 Å². The van der Waals surface area contributed by atoms with E-state index in [9.17, 15) is 14.0 Å². The second-order valence-electron chi connectivity index (χ2n) is 3.91. The van der Waals surface area contributed by atoms with Crippen molar-refractivity contribution in [2.75, 3.05) is 6.54 Å². The lowest BCUT2D eigenvalue weighted by molar-refractivity contribution is -0.120. The number of rotatable bonds is 4. The van der Waals surface area contributed by atoms with Crippen LogP contribution in [0.4, 0.5) is 4.39 Å². The molecular formula is C12H15FN2O2. The molecule has 0 atom stereocenters. The van der Waals surface area contributed by atoms with Crippen molar-refractivity contribution in [1.29, 1.82) is 0 Å². The molecule has 4 nitrogen and oxygen atoms in total. The third-order valence-corrected chi connectivity index (χ3v) is 1.97. The van der Waals surface area contributed by atoms with Crippen molar-refractivity contribution < 1.29 is 14.0 Å². The van der Waals surface area contributed by atoms with Crippen LogP contribution in [0.1, 0.15) is 24.2 Å². The van der Waals surface area contributed by atoms with Gasteiger partial charge in [-0.15, -0.1) is 0 Å². The zero-order chi connectivity index (χ0) is 12.8. The molecule has 0 spiro atoms. The van der Waals surface area contributed by atoms with E-state index in [1.807, 2.05) is 13.8 Å². The molecule has 92 valence electrons. The van der Waals surface area contributed by atoms with Gasteiger partial charge in [-0.25, -0.2) is 4.39 Å². The molecule has 0 radical (unpaired) electrons. The highest BCUT2D eigenvalue weighted by atomic mass is 19.1. The van der Waals surface area contributed by atoms with Crippen molar-refractivity contribution in [1.82, 2.24) is 10.6 Å². The van der Waals surface area contributed by atoms with E-state index in [1.165, 1.54) is 24.3 Å². The Morgan fingerprint density at radius 2 is 1.82 bits per heavy atom. The lowest BCUT2D eigenvalue weighted by Crippen LogP contribution is -2.39. The fourth-order valence-electron chi connectivity index (χ4n) is 1.24. The highest BCUT2D eigenvalue weighted by molar-refractivity contribution is 5.96. The highest BCUT2D eigenvalue weighted by Crippen LogP contribution is 2.01. The quantitative estimate of drug-likeness (QED) is 0.824. The number of benzene rings is 1. The molecule has 0 aliphatic heterocycles. The molecule has 0 aliphatic carbocycles. The van der Waals surface area contributed by atoms with Gasteiger partial charge in [0.25, 0.3) is 5.91 Å². The van der Waals surface area contributed by atoms with E-state index >= 15 is 0 Å². The van der Waals surface area contributed by atoms with Gasteiger partial charge in [-0.05, 0) is 38.1 Å². The van der Waals surface area contributed by atoms with Crippen molar-refractivity contribution in [3.63, 3.8) is 0 Å². The minimum atomic E-state index is -0.404. The fraction of sp³-hybridized carbons (Fsp3) is 0.333. The molecule has 17 heavy (non-hydrogen) atoms. The molecular weight excluding hydrogens is 223 g/mol. The van der Waals surface area contributed by atoms with E-state index < -0.39 is 11.7 Å². The minimum Gasteiger partial charge on any atom is -0.352 e. The number of hydrogen-bond donors (Lipinski definition) is 2. The second-order valence-corrected chi connectivity index (χ2v) is 3.91. The van der Waals surface area contributed by atoms with Gasteiger partial charge in [-0.2, -0.15) is 0 Å². The molecule has 1 aromatic carbocycles. The normalized spacial score (nSPS) is 10.1. The Balaban J connectivity index is 2.45. The second kappa shape index (κ2) is 5.98. The molecule has 0 aliphatic rings. The van der Waals surface area contributed by atoms with E-state index in [-0.39, 0.29) is 18.5 Å². The predicted octanol–water partition coefficient (Wildman–Crippen LogP) is 1.08. The van der Waals surface area contributed by atoms with Crippen LogP contribution in [0, 0.1) is 5.82 Å². The van der Waals surface area contributed by atoms with Crippen LogP contribution in [0.3, 0.4) is 0 Å².